The standard InChI is InChI=1S/C23H16FN2.C12H8F2NO.2Ir/c24-19-13-11-18(12-14-19)23-17-22(15-16-25-23)26(20-7-3-1-4-8-20)21-9-5-2-6-10-21;13-9-1-2-10(11(14)6-9)12-5-8(7-16)3-4-15-12;;/h1-11,13-17H;1,3-6,16H,7H2;;/q2*-1;;. The maximum atomic E-state index is 13.4. The number of anilines is 3. The predicted molar refractivity (Wildman–Crippen MR) is 157 cm³/mol. The molecule has 0 unspecified atom stereocenters. The van der Waals surface area contributed by atoms with Gasteiger partial charge in [0.2, 0.25) is 0 Å². The SMILES string of the molecule is Fc1c[c-]c(-c2cc(N(c3ccccc3)c3ccccc3)ccn2)cc1.OCc1ccnc(-c2[c-]cc(F)cc2F)c1.[Ir].[Ir]. The largest absolute Gasteiger partial charge is 0.392 e. The summed E-state index contributed by atoms with van der Waals surface area (Å²) in [5.41, 5.74) is 5.62. The van der Waals surface area contributed by atoms with E-state index in [0.717, 1.165) is 40.5 Å². The van der Waals surface area contributed by atoms with E-state index in [4.69, 9.17) is 5.11 Å². The molecular weight excluding hydrogens is 920 g/mol. The Morgan fingerprint density at radius 3 is 1.82 bits per heavy atom. The summed E-state index contributed by atoms with van der Waals surface area (Å²) in [5.74, 6) is -1.71. The molecule has 226 valence electrons. The zero-order chi connectivity index (χ0) is 29.3. The number of aliphatic hydroxyl groups excluding tert-OH is 1. The molecular formula is C35H24F3Ir2N3O-2. The molecule has 0 aliphatic rings. The molecule has 0 aliphatic heterocycles. The summed E-state index contributed by atoms with van der Waals surface area (Å²) in [7, 11) is 0. The summed E-state index contributed by atoms with van der Waals surface area (Å²) in [4.78, 5) is 10.5. The van der Waals surface area contributed by atoms with Crippen molar-refractivity contribution in [1.29, 1.82) is 0 Å². The van der Waals surface area contributed by atoms with Gasteiger partial charge in [0.25, 0.3) is 0 Å². The molecule has 2 aromatic heterocycles. The summed E-state index contributed by atoms with van der Waals surface area (Å²) >= 11 is 0. The average molecular weight is 944 g/mol. The molecule has 0 spiro atoms. The van der Waals surface area contributed by atoms with Gasteiger partial charge in [-0.15, -0.1) is 42.0 Å². The van der Waals surface area contributed by atoms with Crippen molar-refractivity contribution in [3.8, 4) is 22.5 Å². The minimum atomic E-state index is -0.720. The Hall–Kier alpha value is -3.97. The first kappa shape index (κ1) is 34.5. The van der Waals surface area contributed by atoms with Gasteiger partial charge < -0.3 is 20.0 Å². The number of rotatable bonds is 6. The van der Waals surface area contributed by atoms with Gasteiger partial charge in [-0.1, -0.05) is 60.2 Å². The Labute approximate surface area is 281 Å². The van der Waals surface area contributed by atoms with Crippen LogP contribution < -0.4 is 4.90 Å². The molecule has 4 nitrogen and oxygen atoms in total. The fourth-order valence-electron chi connectivity index (χ4n) is 4.22. The van der Waals surface area contributed by atoms with Crippen LogP contribution >= 0.6 is 0 Å². The monoisotopic (exact) mass is 945 g/mol. The van der Waals surface area contributed by atoms with Gasteiger partial charge in [-0.05, 0) is 53.3 Å². The minimum Gasteiger partial charge on any atom is -0.392 e. The fourth-order valence-corrected chi connectivity index (χ4v) is 4.22. The van der Waals surface area contributed by atoms with Crippen molar-refractivity contribution in [3.05, 3.63) is 163 Å². The summed E-state index contributed by atoms with van der Waals surface area (Å²) in [6.45, 7) is -0.154. The van der Waals surface area contributed by atoms with E-state index in [0.29, 0.717) is 11.3 Å². The molecule has 1 N–H and O–H groups in total. The van der Waals surface area contributed by atoms with Crippen LogP contribution in [0.5, 0.6) is 0 Å². The molecule has 0 aliphatic carbocycles. The molecule has 0 atom stereocenters. The Balaban J connectivity index is 0.000000255. The molecule has 0 amide bonds. The Morgan fingerprint density at radius 1 is 0.614 bits per heavy atom. The van der Waals surface area contributed by atoms with Crippen molar-refractivity contribution in [2.75, 3.05) is 4.90 Å². The molecule has 44 heavy (non-hydrogen) atoms. The van der Waals surface area contributed by atoms with Crippen LogP contribution in [0, 0.1) is 29.6 Å². The topological polar surface area (TPSA) is 49.2 Å². The number of hydrogen-bond donors (Lipinski definition) is 1. The summed E-state index contributed by atoms with van der Waals surface area (Å²) < 4.78 is 39.3. The van der Waals surface area contributed by atoms with Crippen molar-refractivity contribution in [2.45, 2.75) is 6.61 Å². The van der Waals surface area contributed by atoms with Crippen LogP contribution in [0.4, 0.5) is 30.2 Å². The number of nitrogens with zero attached hydrogens (tertiary/aromatic N) is 3. The number of benzene rings is 4. The van der Waals surface area contributed by atoms with Gasteiger partial charge >= 0.3 is 0 Å². The maximum Gasteiger partial charge on any atom is 0.0675 e. The van der Waals surface area contributed by atoms with Crippen molar-refractivity contribution < 1.29 is 58.5 Å². The van der Waals surface area contributed by atoms with Crippen LogP contribution in [-0.4, -0.2) is 15.1 Å². The van der Waals surface area contributed by atoms with E-state index in [-0.39, 0.29) is 58.2 Å². The third-order valence-electron chi connectivity index (χ3n) is 6.20. The maximum absolute atomic E-state index is 13.4. The number of aliphatic hydroxyl groups is 1. The first-order valence-electron chi connectivity index (χ1n) is 13.0. The van der Waals surface area contributed by atoms with E-state index in [2.05, 4.69) is 51.3 Å². The zero-order valence-corrected chi connectivity index (χ0v) is 27.7. The number of halogens is 3. The van der Waals surface area contributed by atoms with Crippen LogP contribution in [0.25, 0.3) is 22.5 Å². The second-order valence-electron chi connectivity index (χ2n) is 9.07. The fraction of sp³-hybridized carbons (Fsp3) is 0.0286. The molecule has 4 aromatic carbocycles. The third-order valence-corrected chi connectivity index (χ3v) is 6.20. The molecule has 0 fully saturated rings. The Kier molecular flexibility index (Phi) is 13.1. The molecule has 2 heterocycles. The number of hydrogen-bond acceptors (Lipinski definition) is 4. The van der Waals surface area contributed by atoms with E-state index in [1.54, 1.807) is 18.3 Å². The van der Waals surface area contributed by atoms with E-state index in [1.807, 2.05) is 48.5 Å². The Bertz CT molecular complexity index is 1720. The predicted octanol–water partition coefficient (Wildman–Crippen LogP) is 8.47. The third kappa shape index (κ3) is 8.79. The van der Waals surface area contributed by atoms with E-state index < -0.39 is 11.6 Å². The van der Waals surface area contributed by atoms with Gasteiger partial charge in [0.1, 0.15) is 0 Å². The van der Waals surface area contributed by atoms with Crippen molar-refractivity contribution in [3.63, 3.8) is 0 Å². The zero-order valence-electron chi connectivity index (χ0n) is 22.9. The summed E-state index contributed by atoms with van der Waals surface area (Å²) in [6.07, 6.45) is 3.22. The smallest absolute Gasteiger partial charge is 0.0675 e. The second kappa shape index (κ2) is 16.8. The van der Waals surface area contributed by atoms with Gasteiger partial charge in [0.05, 0.1) is 6.61 Å². The Morgan fingerprint density at radius 2 is 1.23 bits per heavy atom. The van der Waals surface area contributed by atoms with E-state index in [1.165, 1.54) is 24.4 Å². The molecule has 0 saturated heterocycles. The minimum absolute atomic E-state index is 0. The second-order valence-corrected chi connectivity index (χ2v) is 9.07. The molecule has 0 saturated carbocycles. The van der Waals surface area contributed by atoms with E-state index in [9.17, 15) is 13.2 Å². The van der Waals surface area contributed by atoms with Crippen LogP contribution in [-0.2, 0) is 46.8 Å². The number of aromatic nitrogens is 2. The van der Waals surface area contributed by atoms with Gasteiger partial charge in [-0.25, -0.2) is 0 Å². The molecule has 6 aromatic rings. The van der Waals surface area contributed by atoms with Gasteiger partial charge in [-0.3, -0.25) is 13.2 Å². The van der Waals surface area contributed by atoms with Crippen LogP contribution in [0.3, 0.4) is 0 Å². The summed E-state index contributed by atoms with van der Waals surface area (Å²) in [6, 6.07) is 39.1. The van der Waals surface area contributed by atoms with Gasteiger partial charge in [0, 0.05) is 87.1 Å². The van der Waals surface area contributed by atoms with Crippen molar-refractivity contribution in [2.24, 2.45) is 0 Å². The molecule has 6 rings (SSSR count). The van der Waals surface area contributed by atoms with Gasteiger partial charge in [0.15, 0.2) is 0 Å². The number of para-hydroxylation sites is 2. The summed E-state index contributed by atoms with van der Waals surface area (Å²) in [5, 5.41) is 8.93. The van der Waals surface area contributed by atoms with Crippen LogP contribution in [0.15, 0.2) is 128 Å². The number of pyridine rings is 2. The average Bonchev–Trinajstić information content (AvgIpc) is 3.03. The van der Waals surface area contributed by atoms with Gasteiger partial charge in [-0.2, -0.15) is 0 Å². The van der Waals surface area contributed by atoms with Crippen molar-refractivity contribution in [1.82, 2.24) is 9.97 Å². The first-order chi connectivity index (χ1) is 20.5. The molecule has 0 bridgehead atoms. The first-order valence-corrected chi connectivity index (χ1v) is 13.0. The molecule has 9 heteroatoms. The van der Waals surface area contributed by atoms with Crippen molar-refractivity contribution >= 4 is 17.1 Å². The van der Waals surface area contributed by atoms with Crippen LogP contribution in [0.2, 0.25) is 0 Å². The molecule has 2 radical (unpaired) electrons. The van der Waals surface area contributed by atoms with Crippen LogP contribution in [0.1, 0.15) is 5.56 Å². The van der Waals surface area contributed by atoms with E-state index >= 15 is 0 Å². The quantitative estimate of drug-likeness (QED) is 0.171. The normalized spacial score (nSPS) is 10.0.